The van der Waals surface area contributed by atoms with Crippen molar-refractivity contribution >= 4 is 5.91 Å². The van der Waals surface area contributed by atoms with Gasteiger partial charge in [0.25, 0.3) is 5.91 Å². The molecule has 7 heteroatoms. The third-order valence-corrected chi connectivity index (χ3v) is 2.49. The second kappa shape index (κ2) is 6.27. The number of carbonyl (C=O) groups is 1. The van der Waals surface area contributed by atoms with Gasteiger partial charge < -0.3 is 9.88 Å². The largest absolute Gasteiger partial charge is 0.406 e. The van der Waals surface area contributed by atoms with E-state index in [0.29, 0.717) is 12.8 Å². The zero-order valence-corrected chi connectivity index (χ0v) is 10.4. The van der Waals surface area contributed by atoms with Gasteiger partial charge in [0.05, 0.1) is 5.56 Å². The Bertz CT molecular complexity index is 473. The highest BCUT2D eigenvalue weighted by molar-refractivity contribution is 5.94. The molecule has 0 saturated carbocycles. The number of hydrogen-bond acceptors (Lipinski definition) is 2. The minimum Gasteiger partial charge on any atom is -0.352 e. The topological polar surface area (TPSA) is 59.9 Å². The summed E-state index contributed by atoms with van der Waals surface area (Å²) in [6.07, 6.45) is -2.00. The van der Waals surface area contributed by atoms with Gasteiger partial charge >= 0.3 is 6.18 Å². The quantitative estimate of drug-likeness (QED) is 0.896. The van der Waals surface area contributed by atoms with E-state index in [-0.39, 0.29) is 17.8 Å². The Morgan fingerprint density at radius 3 is 2.68 bits per heavy atom. The SMILES string of the molecule is CCCCN(CC(F)(F)F)C(=O)c1c[nH]c(C#N)c1. The highest BCUT2D eigenvalue weighted by Gasteiger charge is 2.33. The predicted octanol–water partition coefficient (Wildman–Crippen LogP) is 2.69. The Morgan fingerprint density at radius 1 is 1.53 bits per heavy atom. The number of unbranched alkanes of at least 4 members (excludes halogenated alkanes) is 1. The van der Waals surface area contributed by atoms with Gasteiger partial charge in [0, 0.05) is 12.7 Å². The van der Waals surface area contributed by atoms with Crippen LogP contribution >= 0.6 is 0 Å². The Kier molecular flexibility index (Phi) is 4.98. The summed E-state index contributed by atoms with van der Waals surface area (Å²) in [5, 5.41) is 8.61. The van der Waals surface area contributed by atoms with Crippen molar-refractivity contribution in [2.45, 2.75) is 25.9 Å². The summed E-state index contributed by atoms with van der Waals surface area (Å²) >= 11 is 0. The van der Waals surface area contributed by atoms with Crippen molar-refractivity contribution in [3.63, 3.8) is 0 Å². The van der Waals surface area contributed by atoms with Crippen molar-refractivity contribution in [1.82, 2.24) is 9.88 Å². The van der Waals surface area contributed by atoms with E-state index in [9.17, 15) is 18.0 Å². The molecular formula is C12H14F3N3O. The molecule has 0 unspecified atom stereocenters. The van der Waals surface area contributed by atoms with E-state index >= 15 is 0 Å². The van der Waals surface area contributed by atoms with Crippen LogP contribution in [0.15, 0.2) is 12.3 Å². The van der Waals surface area contributed by atoms with E-state index in [1.807, 2.05) is 6.92 Å². The van der Waals surface area contributed by atoms with E-state index in [1.54, 1.807) is 6.07 Å². The van der Waals surface area contributed by atoms with Crippen LogP contribution in [-0.2, 0) is 0 Å². The summed E-state index contributed by atoms with van der Waals surface area (Å²) in [7, 11) is 0. The number of nitrogens with one attached hydrogen (secondary N) is 1. The summed E-state index contributed by atoms with van der Waals surface area (Å²) in [5.41, 5.74) is 0.211. The van der Waals surface area contributed by atoms with Crippen LogP contribution in [0.3, 0.4) is 0 Å². The number of rotatable bonds is 5. The minimum atomic E-state index is -4.43. The molecule has 0 saturated heterocycles. The molecule has 0 aliphatic heterocycles. The van der Waals surface area contributed by atoms with E-state index < -0.39 is 18.6 Å². The van der Waals surface area contributed by atoms with Crippen LogP contribution in [0.25, 0.3) is 0 Å². The molecule has 0 aromatic carbocycles. The lowest BCUT2D eigenvalue weighted by molar-refractivity contribution is -0.140. The van der Waals surface area contributed by atoms with Crippen LogP contribution < -0.4 is 0 Å². The van der Waals surface area contributed by atoms with Gasteiger partial charge in [0.2, 0.25) is 0 Å². The van der Waals surface area contributed by atoms with Gasteiger partial charge in [-0.25, -0.2) is 0 Å². The fraction of sp³-hybridized carbons (Fsp3) is 0.500. The number of aromatic nitrogens is 1. The molecule has 1 N–H and O–H groups in total. The zero-order chi connectivity index (χ0) is 14.5. The lowest BCUT2D eigenvalue weighted by Gasteiger charge is -2.23. The number of carbonyl (C=O) groups excluding carboxylic acids is 1. The molecule has 1 rings (SSSR count). The first kappa shape index (κ1) is 15.1. The van der Waals surface area contributed by atoms with Crippen LogP contribution in [0.4, 0.5) is 13.2 Å². The first-order valence-corrected chi connectivity index (χ1v) is 5.82. The minimum absolute atomic E-state index is 0.0436. The lowest BCUT2D eigenvalue weighted by atomic mass is 10.2. The third-order valence-electron chi connectivity index (χ3n) is 2.49. The summed E-state index contributed by atoms with van der Waals surface area (Å²) in [5.74, 6) is -0.719. The van der Waals surface area contributed by atoms with Gasteiger partial charge in [-0.05, 0) is 12.5 Å². The van der Waals surface area contributed by atoms with E-state index in [0.717, 1.165) is 4.90 Å². The van der Waals surface area contributed by atoms with Gasteiger partial charge in [-0.3, -0.25) is 4.79 Å². The second-order valence-electron chi connectivity index (χ2n) is 4.11. The molecule has 0 bridgehead atoms. The molecule has 0 radical (unpaired) electrons. The molecule has 0 aliphatic carbocycles. The molecule has 1 aromatic heterocycles. The molecule has 1 aromatic rings. The van der Waals surface area contributed by atoms with Crippen molar-refractivity contribution in [2.24, 2.45) is 0 Å². The van der Waals surface area contributed by atoms with E-state index in [1.165, 1.54) is 12.3 Å². The third kappa shape index (κ3) is 4.66. The lowest BCUT2D eigenvalue weighted by Crippen LogP contribution is -2.39. The molecule has 4 nitrogen and oxygen atoms in total. The highest BCUT2D eigenvalue weighted by Crippen LogP contribution is 2.19. The molecule has 0 aliphatic rings. The van der Waals surface area contributed by atoms with Gasteiger partial charge in [-0.15, -0.1) is 0 Å². The number of hydrogen-bond donors (Lipinski definition) is 1. The Morgan fingerprint density at radius 2 is 2.21 bits per heavy atom. The van der Waals surface area contributed by atoms with Crippen LogP contribution in [0.5, 0.6) is 0 Å². The maximum absolute atomic E-state index is 12.4. The fourth-order valence-electron chi connectivity index (χ4n) is 1.58. The number of aromatic amines is 1. The zero-order valence-electron chi connectivity index (χ0n) is 10.4. The average molecular weight is 273 g/mol. The van der Waals surface area contributed by atoms with Crippen molar-refractivity contribution in [3.8, 4) is 6.07 Å². The van der Waals surface area contributed by atoms with Gasteiger partial charge in [-0.2, -0.15) is 18.4 Å². The predicted molar refractivity (Wildman–Crippen MR) is 62.4 cm³/mol. The number of alkyl halides is 3. The maximum atomic E-state index is 12.4. The smallest absolute Gasteiger partial charge is 0.352 e. The number of nitriles is 1. The van der Waals surface area contributed by atoms with Crippen molar-refractivity contribution in [3.05, 3.63) is 23.5 Å². The Hall–Kier alpha value is -1.97. The summed E-state index contributed by atoms with van der Waals surface area (Å²) in [6.45, 7) is 0.598. The standard InChI is InChI=1S/C12H14F3N3O/c1-2-3-4-18(8-12(13,14)15)11(19)9-5-10(6-16)17-7-9/h5,7,17H,2-4,8H2,1H3. The second-order valence-corrected chi connectivity index (χ2v) is 4.11. The number of H-pyrrole nitrogens is 1. The van der Waals surface area contributed by atoms with Crippen molar-refractivity contribution in [1.29, 1.82) is 5.26 Å². The number of amides is 1. The summed E-state index contributed by atoms with van der Waals surface area (Å²) in [6, 6.07) is 3.03. The van der Waals surface area contributed by atoms with Gasteiger partial charge in [0.1, 0.15) is 18.3 Å². The molecule has 1 heterocycles. The van der Waals surface area contributed by atoms with Crippen LogP contribution in [0.2, 0.25) is 0 Å². The normalized spacial score (nSPS) is 11.1. The van der Waals surface area contributed by atoms with Crippen molar-refractivity contribution < 1.29 is 18.0 Å². The van der Waals surface area contributed by atoms with Crippen LogP contribution in [0, 0.1) is 11.3 Å². The van der Waals surface area contributed by atoms with Gasteiger partial charge in [0.15, 0.2) is 0 Å². The Labute approximate surface area is 108 Å². The van der Waals surface area contributed by atoms with Crippen LogP contribution in [-0.4, -0.2) is 35.1 Å². The number of nitrogens with zero attached hydrogens (tertiary/aromatic N) is 2. The summed E-state index contributed by atoms with van der Waals surface area (Å²) in [4.78, 5) is 15.2. The Balaban J connectivity index is 2.84. The van der Waals surface area contributed by atoms with E-state index in [2.05, 4.69) is 4.98 Å². The van der Waals surface area contributed by atoms with E-state index in [4.69, 9.17) is 5.26 Å². The first-order valence-electron chi connectivity index (χ1n) is 5.82. The maximum Gasteiger partial charge on any atom is 0.406 e. The molecule has 1 amide bonds. The number of halogens is 3. The summed E-state index contributed by atoms with van der Waals surface area (Å²) < 4.78 is 37.3. The average Bonchev–Trinajstić information content (AvgIpc) is 2.80. The van der Waals surface area contributed by atoms with Gasteiger partial charge in [-0.1, -0.05) is 13.3 Å². The van der Waals surface area contributed by atoms with Crippen LogP contribution in [0.1, 0.15) is 35.8 Å². The highest BCUT2D eigenvalue weighted by atomic mass is 19.4. The molecule has 104 valence electrons. The molecular weight excluding hydrogens is 259 g/mol. The molecule has 0 fully saturated rings. The fourth-order valence-corrected chi connectivity index (χ4v) is 1.58. The van der Waals surface area contributed by atoms with Crippen molar-refractivity contribution in [2.75, 3.05) is 13.1 Å². The monoisotopic (exact) mass is 273 g/mol. The first-order chi connectivity index (χ1) is 8.87. The molecule has 0 atom stereocenters. The molecule has 19 heavy (non-hydrogen) atoms. The molecule has 0 spiro atoms.